The monoisotopic (exact) mass is 519 g/mol. The SMILES string of the molecule is COC(=O)C(N)c1ccc(OC(F)(F)F)cc1.Cl.NC(=O)C(N)c1ccc(OC(F)(F)F)cc1. The van der Waals surface area contributed by atoms with Crippen LogP contribution >= 0.6 is 12.4 Å². The summed E-state index contributed by atoms with van der Waals surface area (Å²) in [6.07, 6.45) is -9.49. The van der Waals surface area contributed by atoms with Gasteiger partial charge in [0.2, 0.25) is 5.91 Å². The van der Waals surface area contributed by atoms with Crippen molar-refractivity contribution < 1.29 is 50.1 Å². The van der Waals surface area contributed by atoms with Gasteiger partial charge in [-0.15, -0.1) is 38.7 Å². The predicted octanol–water partition coefficient (Wildman–Crippen LogP) is 3.25. The highest BCUT2D eigenvalue weighted by molar-refractivity contribution is 5.85. The summed E-state index contributed by atoms with van der Waals surface area (Å²) in [5.41, 5.74) is 16.5. The normalized spacial score (nSPS) is 12.7. The molecule has 0 saturated carbocycles. The third kappa shape index (κ3) is 11.1. The fourth-order valence-electron chi connectivity index (χ4n) is 2.18. The maximum absolute atomic E-state index is 11.9. The van der Waals surface area contributed by atoms with E-state index in [9.17, 15) is 35.9 Å². The quantitative estimate of drug-likeness (QED) is 0.393. The van der Waals surface area contributed by atoms with E-state index in [4.69, 9.17) is 17.2 Å². The van der Waals surface area contributed by atoms with Crippen LogP contribution in [0.4, 0.5) is 26.3 Å². The van der Waals surface area contributed by atoms with Crippen LogP contribution in [0.5, 0.6) is 11.5 Å². The van der Waals surface area contributed by atoms with E-state index < -0.39 is 36.7 Å². The van der Waals surface area contributed by atoms with Crippen molar-refractivity contribution in [1.29, 1.82) is 0 Å². The van der Waals surface area contributed by atoms with E-state index in [1.165, 1.54) is 31.4 Å². The minimum Gasteiger partial charge on any atom is -0.468 e. The Morgan fingerprint density at radius 1 is 0.735 bits per heavy atom. The maximum Gasteiger partial charge on any atom is 0.573 e. The van der Waals surface area contributed by atoms with E-state index in [0.717, 1.165) is 24.3 Å². The molecule has 0 aromatic heterocycles. The van der Waals surface area contributed by atoms with Gasteiger partial charge in [0.15, 0.2) is 0 Å². The van der Waals surface area contributed by atoms with Gasteiger partial charge in [-0.1, -0.05) is 24.3 Å². The fourth-order valence-corrected chi connectivity index (χ4v) is 2.18. The minimum absolute atomic E-state index is 0. The van der Waals surface area contributed by atoms with Gasteiger partial charge in [0.1, 0.15) is 23.6 Å². The van der Waals surface area contributed by atoms with Gasteiger partial charge in [-0.3, -0.25) is 9.59 Å². The third-order valence-electron chi connectivity index (χ3n) is 3.71. The molecule has 2 aromatic carbocycles. The third-order valence-corrected chi connectivity index (χ3v) is 3.71. The number of halogens is 7. The molecular formula is C19H20ClF6N3O5. The zero-order valence-corrected chi connectivity index (χ0v) is 18.0. The highest BCUT2D eigenvalue weighted by atomic mass is 35.5. The van der Waals surface area contributed by atoms with E-state index in [1.807, 2.05) is 0 Å². The largest absolute Gasteiger partial charge is 0.573 e. The van der Waals surface area contributed by atoms with Crippen molar-refractivity contribution in [2.45, 2.75) is 24.8 Å². The molecule has 15 heteroatoms. The average molecular weight is 520 g/mol. The van der Waals surface area contributed by atoms with Crippen LogP contribution in [0.3, 0.4) is 0 Å². The standard InChI is InChI=1S/C10H10F3NO3.C9H9F3N2O2.ClH/c1-16-9(15)8(14)6-2-4-7(5-3-6)17-10(11,12)13;10-9(11,12)16-6-3-1-5(2-4-6)7(13)8(14)15;/h2-5,8H,14H2,1H3;1-4,7H,13H2,(H2,14,15);1H. The average Bonchev–Trinajstić information content (AvgIpc) is 2.71. The van der Waals surface area contributed by atoms with Crippen molar-refractivity contribution in [3.8, 4) is 11.5 Å². The van der Waals surface area contributed by atoms with Crippen LogP contribution in [0.2, 0.25) is 0 Å². The van der Waals surface area contributed by atoms with Crippen LogP contribution in [-0.2, 0) is 14.3 Å². The van der Waals surface area contributed by atoms with Crippen LogP contribution in [-0.4, -0.2) is 31.7 Å². The molecule has 2 atom stereocenters. The first-order valence-corrected chi connectivity index (χ1v) is 8.72. The number of amides is 1. The number of carbonyl (C=O) groups excluding carboxylic acids is 2. The van der Waals surface area contributed by atoms with Crippen LogP contribution in [0.1, 0.15) is 23.2 Å². The highest BCUT2D eigenvalue weighted by Gasteiger charge is 2.31. The molecule has 2 unspecified atom stereocenters. The Bertz CT molecular complexity index is 924. The Balaban J connectivity index is 0.000000623. The lowest BCUT2D eigenvalue weighted by Gasteiger charge is -2.11. The molecule has 8 nitrogen and oxygen atoms in total. The van der Waals surface area contributed by atoms with Crippen molar-refractivity contribution in [3.05, 3.63) is 59.7 Å². The van der Waals surface area contributed by atoms with E-state index in [2.05, 4.69) is 14.2 Å². The summed E-state index contributed by atoms with van der Waals surface area (Å²) in [4.78, 5) is 21.8. The molecule has 0 aliphatic rings. The molecule has 0 radical (unpaired) electrons. The Morgan fingerprint density at radius 2 is 1.06 bits per heavy atom. The Hall–Kier alpha value is -3.23. The van der Waals surface area contributed by atoms with Crippen LogP contribution in [0, 0.1) is 0 Å². The second-order valence-electron chi connectivity index (χ2n) is 6.11. The second-order valence-corrected chi connectivity index (χ2v) is 6.11. The first-order valence-electron chi connectivity index (χ1n) is 8.72. The van der Waals surface area contributed by atoms with Gasteiger partial charge >= 0.3 is 18.7 Å². The summed E-state index contributed by atoms with van der Waals surface area (Å²) in [5.74, 6) is -2.19. The van der Waals surface area contributed by atoms with Crippen LogP contribution in [0.15, 0.2) is 48.5 Å². The summed E-state index contributed by atoms with van der Waals surface area (Å²) in [5, 5.41) is 0. The van der Waals surface area contributed by atoms with Crippen molar-refractivity contribution in [1.82, 2.24) is 0 Å². The number of primary amides is 1. The molecule has 34 heavy (non-hydrogen) atoms. The van der Waals surface area contributed by atoms with Crippen molar-refractivity contribution in [2.75, 3.05) is 7.11 Å². The summed E-state index contributed by atoms with van der Waals surface area (Å²) < 4.78 is 82.7. The number of carbonyl (C=O) groups is 2. The Kier molecular flexibility index (Phi) is 11.6. The number of methoxy groups -OCH3 is 1. The molecule has 0 bridgehead atoms. The minimum atomic E-state index is -4.74. The number of benzene rings is 2. The van der Waals surface area contributed by atoms with Gasteiger partial charge in [0.05, 0.1) is 7.11 Å². The molecule has 2 rings (SSSR count). The molecule has 190 valence electrons. The highest BCUT2D eigenvalue weighted by Crippen LogP contribution is 2.25. The molecule has 0 saturated heterocycles. The molecule has 0 heterocycles. The molecule has 0 aliphatic heterocycles. The van der Waals surface area contributed by atoms with Gasteiger partial charge < -0.3 is 31.4 Å². The number of esters is 1. The van der Waals surface area contributed by atoms with E-state index in [1.54, 1.807) is 0 Å². The smallest absolute Gasteiger partial charge is 0.468 e. The lowest BCUT2D eigenvalue weighted by molar-refractivity contribution is -0.275. The summed E-state index contributed by atoms with van der Waals surface area (Å²) in [7, 11) is 1.17. The number of rotatable bonds is 6. The van der Waals surface area contributed by atoms with Gasteiger partial charge in [0.25, 0.3) is 0 Å². The molecule has 0 spiro atoms. The van der Waals surface area contributed by atoms with Crippen molar-refractivity contribution in [3.63, 3.8) is 0 Å². The van der Waals surface area contributed by atoms with Gasteiger partial charge in [-0.2, -0.15) is 0 Å². The molecule has 0 aliphatic carbocycles. The number of hydrogen-bond acceptors (Lipinski definition) is 7. The van der Waals surface area contributed by atoms with E-state index in [0.29, 0.717) is 11.1 Å². The molecule has 6 N–H and O–H groups in total. The topological polar surface area (TPSA) is 140 Å². The Morgan fingerprint density at radius 3 is 1.32 bits per heavy atom. The van der Waals surface area contributed by atoms with Gasteiger partial charge in [0, 0.05) is 0 Å². The zero-order chi connectivity index (χ0) is 25.4. The summed E-state index contributed by atoms with van der Waals surface area (Å²) >= 11 is 0. The van der Waals surface area contributed by atoms with Crippen LogP contribution < -0.4 is 26.7 Å². The molecular weight excluding hydrogens is 500 g/mol. The maximum atomic E-state index is 11.9. The number of hydrogen-bond donors (Lipinski definition) is 3. The van der Waals surface area contributed by atoms with Gasteiger partial charge in [-0.05, 0) is 35.4 Å². The lowest BCUT2D eigenvalue weighted by Crippen LogP contribution is -2.28. The zero-order valence-electron chi connectivity index (χ0n) is 17.2. The molecule has 2 aromatic rings. The number of alkyl halides is 6. The second kappa shape index (κ2) is 12.9. The van der Waals surface area contributed by atoms with Crippen molar-refractivity contribution in [2.24, 2.45) is 17.2 Å². The summed E-state index contributed by atoms with van der Waals surface area (Å²) in [6.45, 7) is 0. The Labute approximate surface area is 195 Å². The lowest BCUT2D eigenvalue weighted by atomic mass is 10.1. The molecule has 0 fully saturated rings. The van der Waals surface area contributed by atoms with Crippen LogP contribution in [0.25, 0.3) is 0 Å². The first kappa shape index (κ1) is 30.8. The van der Waals surface area contributed by atoms with Gasteiger partial charge in [-0.25, -0.2) is 0 Å². The number of ether oxygens (including phenoxy) is 3. The summed E-state index contributed by atoms with van der Waals surface area (Å²) in [6, 6.07) is 7.23. The van der Waals surface area contributed by atoms with Crippen molar-refractivity contribution >= 4 is 24.3 Å². The molecule has 1 amide bonds. The fraction of sp³-hybridized carbons (Fsp3) is 0.263. The first-order chi connectivity index (χ1) is 15.1. The number of nitrogens with two attached hydrogens (primary N) is 3. The predicted molar refractivity (Wildman–Crippen MR) is 109 cm³/mol. The van der Waals surface area contributed by atoms with E-state index in [-0.39, 0.29) is 23.9 Å². The van der Waals surface area contributed by atoms with E-state index >= 15 is 0 Å².